The third kappa shape index (κ3) is 4.27. The van der Waals surface area contributed by atoms with E-state index in [1.54, 1.807) is 0 Å². The zero-order valence-corrected chi connectivity index (χ0v) is 11.8. The standard InChI is InChI=1S/C14H17F3N2O3/c15-11-4-1-5-12(22-13(16)17)10(11)7-18-14(21)19-6-2-3-9(20)8-19/h1,4-5,9,13,20H,2-3,6-8H2,(H,18,21). The second-order valence-electron chi connectivity index (χ2n) is 5.00. The minimum atomic E-state index is -3.08. The number of β-amino-alcohol motifs (C(OH)–C–C–N with tert-alkyl or cyclic N) is 1. The van der Waals surface area contributed by atoms with Crippen LogP contribution in [0.5, 0.6) is 5.75 Å². The second-order valence-corrected chi connectivity index (χ2v) is 5.00. The molecule has 0 aromatic heterocycles. The van der Waals surface area contributed by atoms with Crippen LogP contribution in [0.4, 0.5) is 18.0 Å². The molecule has 1 aliphatic heterocycles. The molecule has 1 unspecified atom stereocenters. The Hall–Kier alpha value is -1.96. The Kier molecular flexibility index (Phi) is 5.48. The maximum atomic E-state index is 13.7. The van der Waals surface area contributed by atoms with Crippen molar-refractivity contribution < 1.29 is 27.8 Å². The van der Waals surface area contributed by atoms with Crippen molar-refractivity contribution in [3.63, 3.8) is 0 Å². The minimum Gasteiger partial charge on any atom is -0.434 e. The van der Waals surface area contributed by atoms with Crippen LogP contribution in [-0.4, -0.2) is 41.8 Å². The highest BCUT2D eigenvalue weighted by Crippen LogP contribution is 2.23. The molecule has 122 valence electrons. The lowest BCUT2D eigenvalue weighted by atomic mass is 10.1. The first-order valence-corrected chi connectivity index (χ1v) is 6.90. The van der Waals surface area contributed by atoms with E-state index in [1.807, 2.05) is 0 Å². The van der Waals surface area contributed by atoms with Gasteiger partial charge in [-0.25, -0.2) is 9.18 Å². The SMILES string of the molecule is O=C(NCc1c(F)cccc1OC(F)F)N1CCCC(O)C1. The second kappa shape index (κ2) is 7.35. The Morgan fingerprint density at radius 3 is 2.95 bits per heavy atom. The maximum absolute atomic E-state index is 13.7. The first-order chi connectivity index (χ1) is 10.5. The van der Waals surface area contributed by atoms with Crippen LogP contribution < -0.4 is 10.1 Å². The quantitative estimate of drug-likeness (QED) is 0.894. The van der Waals surface area contributed by atoms with Gasteiger partial charge in [0.15, 0.2) is 0 Å². The lowest BCUT2D eigenvalue weighted by Crippen LogP contribution is -2.46. The number of carbonyl (C=O) groups excluding carboxylic acids is 1. The Morgan fingerprint density at radius 1 is 1.50 bits per heavy atom. The minimum absolute atomic E-state index is 0.145. The number of rotatable bonds is 4. The van der Waals surface area contributed by atoms with E-state index in [2.05, 4.69) is 10.1 Å². The number of carbonyl (C=O) groups is 1. The van der Waals surface area contributed by atoms with Crippen LogP contribution in [0.15, 0.2) is 18.2 Å². The van der Waals surface area contributed by atoms with Crippen LogP contribution in [0.1, 0.15) is 18.4 Å². The molecule has 2 amide bonds. The number of alkyl halides is 2. The van der Waals surface area contributed by atoms with Crippen molar-refractivity contribution in [3.8, 4) is 5.75 Å². The Bertz CT molecular complexity index is 528. The van der Waals surface area contributed by atoms with E-state index in [9.17, 15) is 23.1 Å². The number of benzene rings is 1. The van der Waals surface area contributed by atoms with E-state index in [1.165, 1.54) is 17.0 Å². The number of ether oxygens (including phenoxy) is 1. The monoisotopic (exact) mass is 318 g/mol. The molecule has 0 spiro atoms. The molecule has 0 radical (unpaired) electrons. The molecule has 1 aliphatic rings. The summed E-state index contributed by atoms with van der Waals surface area (Å²) in [7, 11) is 0. The smallest absolute Gasteiger partial charge is 0.387 e. The summed E-state index contributed by atoms with van der Waals surface area (Å²) in [6.07, 6.45) is 0.725. The Balaban J connectivity index is 2.00. The summed E-state index contributed by atoms with van der Waals surface area (Å²) in [5.74, 6) is -1.05. The first-order valence-electron chi connectivity index (χ1n) is 6.90. The summed E-state index contributed by atoms with van der Waals surface area (Å²) in [4.78, 5) is 13.4. The molecule has 1 fully saturated rings. The Morgan fingerprint density at radius 2 is 2.27 bits per heavy atom. The summed E-state index contributed by atoms with van der Waals surface area (Å²) in [6, 6.07) is 3.08. The van der Waals surface area contributed by atoms with Crippen molar-refractivity contribution in [2.75, 3.05) is 13.1 Å². The number of likely N-dealkylation sites (tertiary alicyclic amines) is 1. The maximum Gasteiger partial charge on any atom is 0.387 e. The van der Waals surface area contributed by atoms with E-state index < -0.39 is 24.6 Å². The third-order valence-electron chi connectivity index (χ3n) is 3.39. The number of aliphatic hydroxyl groups is 1. The molecule has 8 heteroatoms. The lowest BCUT2D eigenvalue weighted by Gasteiger charge is -2.30. The fourth-order valence-electron chi connectivity index (χ4n) is 2.33. The number of hydrogen-bond acceptors (Lipinski definition) is 3. The van der Waals surface area contributed by atoms with Gasteiger partial charge >= 0.3 is 12.6 Å². The van der Waals surface area contributed by atoms with Gasteiger partial charge in [0, 0.05) is 18.7 Å². The third-order valence-corrected chi connectivity index (χ3v) is 3.39. The zero-order chi connectivity index (χ0) is 16.1. The number of urea groups is 1. The summed E-state index contributed by atoms with van der Waals surface area (Å²) < 4.78 is 42.6. The van der Waals surface area contributed by atoms with E-state index >= 15 is 0 Å². The van der Waals surface area contributed by atoms with Crippen molar-refractivity contribution in [1.29, 1.82) is 0 Å². The zero-order valence-electron chi connectivity index (χ0n) is 11.8. The van der Waals surface area contributed by atoms with Crippen LogP contribution in [0.25, 0.3) is 0 Å². The van der Waals surface area contributed by atoms with E-state index in [0.29, 0.717) is 19.4 Å². The molecular weight excluding hydrogens is 301 g/mol. The van der Waals surface area contributed by atoms with Crippen molar-refractivity contribution in [2.45, 2.75) is 32.1 Å². The van der Waals surface area contributed by atoms with E-state index in [0.717, 1.165) is 6.07 Å². The number of halogens is 3. The number of aliphatic hydroxyl groups excluding tert-OH is 1. The lowest BCUT2D eigenvalue weighted by molar-refractivity contribution is -0.0506. The normalized spacial score (nSPS) is 18.4. The van der Waals surface area contributed by atoms with Gasteiger partial charge < -0.3 is 20.1 Å². The molecule has 2 rings (SSSR count). The summed E-state index contributed by atoms with van der Waals surface area (Å²) in [5, 5.41) is 12.0. The first kappa shape index (κ1) is 16.4. The predicted molar refractivity (Wildman–Crippen MR) is 72.1 cm³/mol. The molecule has 0 saturated carbocycles. The molecule has 0 aliphatic carbocycles. The molecule has 1 saturated heterocycles. The molecule has 1 atom stereocenters. The summed E-state index contributed by atoms with van der Waals surface area (Å²) in [5.41, 5.74) is -0.145. The molecule has 1 aromatic carbocycles. The molecule has 2 N–H and O–H groups in total. The molecule has 0 bridgehead atoms. The topological polar surface area (TPSA) is 61.8 Å². The van der Waals surface area contributed by atoms with Crippen LogP contribution in [0.3, 0.4) is 0 Å². The highest BCUT2D eigenvalue weighted by Gasteiger charge is 2.22. The van der Waals surface area contributed by atoms with Crippen LogP contribution in [0.2, 0.25) is 0 Å². The number of nitrogens with one attached hydrogen (secondary N) is 1. The van der Waals surface area contributed by atoms with Crippen LogP contribution in [-0.2, 0) is 6.54 Å². The largest absolute Gasteiger partial charge is 0.434 e. The highest BCUT2D eigenvalue weighted by atomic mass is 19.3. The van der Waals surface area contributed by atoms with Crippen molar-refractivity contribution in [2.24, 2.45) is 0 Å². The van der Waals surface area contributed by atoms with E-state index in [4.69, 9.17) is 0 Å². The van der Waals surface area contributed by atoms with Gasteiger partial charge in [0.2, 0.25) is 0 Å². The number of nitrogens with zero attached hydrogens (tertiary/aromatic N) is 1. The molecule has 1 heterocycles. The van der Waals surface area contributed by atoms with Gasteiger partial charge in [-0.3, -0.25) is 0 Å². The van der Waals surface area contributed by atoms with Gasteiger partial charge in [-0.2, -0.15) is 8.78 Å². The predicted octanol–water partition coefficient (Wildman–Crippen LogP) is 2.09. The van der Waals surface area contributed by atoms with Gasteiger partial charge in [-0.1, -0.05) is 6.07 Å². The number of piperidine rings is 1. The molecule has 5 nitrogen and oxygen atoms in total. The summed E-state index contributed by atoms with van der Waals surface area (Å²) in [6.45, 7) is -2.67. The van der Waals surface area contributed by atoms with Crippen LogP contribution >= 0.6 is 0 Å². The average molecular weight is 318 g/mol. The molecule has 22 heavy (non-hydrogen) atoms. The average Bonchev–Trinajstić information content (AvgIpc) is 2.46. The molecular formula is C14H17F3N2O3. The number of amides is 2. The van der Waals surface area contributed by atoms with Crippen LogP contribution in [0, 0.1) is 5.82 Å². The van der Waals surface area contributed by atoms with Gasteiger partial charge in [0.05, 0.1) is 12.6 Å². The fourth-order valence-corrected chi connectivity index (χ4v) is 2.33. The van der Waals surface area contributed by atoms with Gasteiger partial charge in [-0.15, -0.1) is 0 Å². The van der Waals surface area contributed by atoms with Gasteiger partial charge in [0.25, 0.3) is 0 Å². The molecule has 1 aromatic rings. The van der Waals surface area contributed by atoms with Crippen molar-refractivity contribution >= 4 is 6.03 Å². The van der Waals surface area contributed by atoms with Crippen molar-refractivity contribution in [1.82, 2.24) is 10.2 Å². The fraction of sp³-hybridized carbons (Fsp3) is 0.500. The summed E-state index contributed by atoms with van der Waals surface area (Å²) >= 11 is 0. The van der Waals surface area contributed by atoms with Gasteiger partial charge in [-0.05, 0) is 25.0 Å². The van der Waals surface area contributed by atoms with Gasteiger partial charge in [0.1, 0.15) is 11.6 Å². The Labute approximate surface area is 125 Å². The van der Waals surface area contributed by atoms with Crippen molar-refractivity contribution in [3.05, 3.63) is 29.6 Å². The van der Waals surface area contributed by atoms with E-state index in [-0.39, 0.29) is 24.4 Å². The highest BCUT2D eigenvalue weighted by molar-refractivity contribution is 5.74. The number of hydrogen-bond donors (Lipinski definition) is 2.